The third-order valence-corrected chi connectivity index (χ3v) is 4.93. The van der Waals surface area contributed by atoms with Gasteiger partial charge in [0.2, 0.25) is 11.8 Å². The monoisotopic (exact) mass is 380 g/mol. The number of fused-ring (bicyclic) bond motifs is 1. The molecule has 0 saturated heterocycles. The highest BCUT2D eigenvalue weighted by Crippen LogP contribution is 2.31. The van der Waals surface area contributed by atoms with Crippen LogP contribution in [0.25, 0.3) is 21.7 Å². The Morgan fingerprint density at radius 3 is 2.74 bits per heavy atom. The molecule has 8 heteroatoms. The number of anilines is 1. The molecule has 0 saturated carbocycles. The van der Waals surface area contributed by atoms with E-state index < -0.39 is 0 Å². The van der Waals surface area contributed by atoms with Crippen molar-refractivity contribution in [1.82, 2.24) is 15.2 Å². The molecule has 4 aromatic rings. The molecule has 0 aliphatic carbocycles. The van der Waals surface area contributed by atoms with Crippen LogP contribution in [-0.2, 0) is 0 Å². The first-order chi connectivity index (χ1) is 13.0. The number of hydrogen-bond donors (Lipinski definition) is 1. The van der Waals surface area contributed by atoms with Gasteiger partial charge in [-0.05, 0) is 43.3 Å². The van der Waals surface area contributed by atoms with Gasteiger partial charge in [-0.25, -0.2) is 4.98 Å². The number of nitrogens with one attached hydrogen (secondary N) is 1. The van der Waals surface area contributed by atoms with E-state index in [0.717, 1.165) is 15.2 Å². The lowest BCUT2D eigenvalue weighted by molar-refractivity contribution is 0.102. The maximum absolute atomic E-state index is 12.7. The van der Waals surface area contributed by atoms with Crippen LogP contribution in [0.2, 0.25) is 0 Å². The van der Waals surface area contributed by atoms with Gasteiger partial charge in [0.05, 0.1) is 28.0 Å². The predicted molar refractivity (Wildman–Crippen MR) is 103 cm³/mol. The number of hydrogen-bond acceptors (Lipinski definition) is 7. The Hall–Kier alpha value is -3.26. The third kappa shape index (κ3) is 3.39. The Kier molecular flexibility index (Phi) is 4.33. The van der Waals surface area contributed by atoms with Crippen molar-refractivity contribution >= 4 is 33.1 Å². The number of benzene rings is 2. The summed E-state index contributed by atoms with van der Waals surface area (Å²) in [7, 11) is 1.55. The minimum Gasteiger partial charge on any atom is -0.495 e. The van der Waals surface area contributed by atoms with Gasteiger partial charge in [-0.3, -0.25) is 4.79 Å². The Labute approximate surface area is 159 Å². The molecular weight excluding hydrogens is 364 g/mol. The fourth-order valence-electron chi connectivity index (χ4n) is 2.73. The molecule has 2 aromatic heterocycles. The van der Waals surface area contributed by atoms with Gasteiger partial charge in [-0.15, -0.1) is 21.5 Å². The highest BCUT2D eigenvalue weighted by atomic mass is 32.1. The van der Waals surface area contributed by atoms with Crippen LogP contribution < -0.4 is 10.1 Å². The van der Waals surface area contributed by atoms with Gasteiger partial charge in [-0.2, -0.15) is 0 Å². The zero-order valence-electron chi connectivity index (χ0n) is 14.9. The van der Waals surface area contributed by atoms with E-state index in [0.29, 0.717) is 34.3 Å². The summed E-state index contributed by atoms with van der Waals surface area (Å²) < 4.78 is 11.9. The quantitative estimate of drug-likeness (QED) is 0.570. The summed E-state index contributed by atoms with van der Waals surface area (Å²) in [6.45, 7) is 3.67. The van der Waals surface area contributed by atoms with E-state index in [1.54, 1.807) is 55.7 Å². The zero-order chi connectivity index (χ0) is 19.0. The standard InChI is InChI=1S/C19H16N4O3S/c1-10-22-23-19(26-10)13-4-6-16(25-3)14(9-13)21-18(24)12-5-7-17-15(8-12)20-11(2)27-17/h4-9H,1-3H3,(H,21,24). The Morgan fingerprint density at radius 2 is 2.00 bits per heavy atom. The van der Waals surface area contributed by atoms with Crippen LogP contribution in [0.5, 0.6) is 5.75 Å². The van der Waals surface area contributed by atoms with Crippen molar-refractivity contribution in [3.8, 4) is 17.2 Å². The molecule has 0 radical (unpaired) electrons. The highest BCUT2D eigenvalue weighted by Gasteiger charge is 2.14. The zero-order valence-corrected chi connectivity index (χ0v) is 15.8. The van der Waals surface area contributed by atoms with Gasteiger partial charge in [0, 0.05) is 18.1 Å². The van der Waals surface area contributed by atoms with Gasteiger partial charge in [0.25, 0.3) is 5.91 Å². The topological polar surface area (TPSA) is 90.1 Å². The van der Waals surface area contributed by atoms with Crippen molar-refractivity contribution < 1.29 is 13.9 Å². The van der Waals surface area contributed by atoms with E-state index in [1.807, 2.05) is 13.0 Å². The number of amides is 1. The van der Waals surface area contributed by atoms with Crippen LogP contribution in [0, 0.1) is 13.8 Å². The molecular formula is C19H16N4O3S. The second-order valence-electron chi connectivity index (χ2n) is 5.91. The van der Waals surface area contributed by atoms with Gasteiger partial charge in [-0.1, -0.05) is 0 Å². The normalized spacial score (nSPS) is 10.9. The van der Waals surface area contributed by atoms with E-state index >= 15 is 0 Å². The van der Waals surface area contributed by atoms with Gasteiger partial charge >= 0.3 is 0 Å². The average molecular weight is 380 g/mol. The van der Waals surface area contributed by atoms with Crippen molar-refractivity contribution in [2.24, 2.45) is 0 Å². The fraction of sp³-hybridized carbons (Fsp3) is 0.158. The molecule has 0 unspecified atom stereocenters. The highest BCUT2D eigenvalue weighted by molar-refractivity contribution is 7.18. The molecule has 0 bridgehead atoms. The summed E-state index contributed by atoms with van der Waals surface area (Å²) in [6.07, 6.45) is 0. The maximum atomic E-state index is 12.7. The number of thiazole rings is 1. The molecule has 1 N–H and O–H groups in total. The van der Waals surface area contributed by atoms with Crippen LogP contribution >= 0.6 is 11.3 Å². The smallest absolute Gasteiger partial charge is 0.255 e. The largest absolute Gasteiger partial charge is 0.495 e. The number of nitrogens with zero attached hydrogens (tertiary/aromatic N) is 3. The van der Waals surface area contributed by atoms with Gasteiger partial charge in [0.15, 0.2) is 0 Å². The van der Waals surface area contributed by atoms with Crippen molar-refractivity contribution in [3.63, 3.8) is 0 Å². The first kappa shape index (κ1) is 17.2. The van der Waals surface area contributed by atoms with Gasteiger partial charge in [0.1, 0.15) is 5.75 Å². The van der Waals surface area contributed by atoms with Crippen molar-refractivity contribution in [1.29, 1.82) is 0 Å². The fourth-order valence-corrected chi connectivity index (χ4v) is 3.54. The molecule has 2 heterocycles. The van der Waals surface area contributed by atoms with Crippen LogP contribution in [0.15, 0.2) is 40.8 Å². The summed E-state index contributed by atoms with van der Waals surface area (Å²) in [5, 5.41) is 11.7. The van der Waals surface area contributed by atoms with Crippen LogP contribution in [0.1, 0.15) is 21.3 Å². The molecule has 0 aliphatic heterocycles. The Bertz CT molecular complexity index is 1150. The summed E-state index contributed by atoms with van der Waals surface area (Å²) >= 11 is 1.60. The predicted octanol–water partition coefficient (Wildman–Crippen LogP) is 4.22. The minimum atomic E-state index is -0.250. The molecule has 27 heavy (non-hydrogen) atoms. The van der Waals surface area contributed by atoms with E-state index in [9.17, 15) is 4.79 Å². The van der Waals surface area contributed by atoms with E-state index in [1.165, 1.54) is 0 Å². The molecule has 7 nitrogen and oxygen atoms in total. The summed E-state index contributed by atoms with van der Waals surface area (Å²) in [5.41, 5.74) is 2.55. The Balaban J connectivity index is 1.66. The first-order valence-electron chi connectivity index (χ1n) is 8.20. The summed E-state index contributed by atoms with van der Waals surface area (Å²) in [6, 6.07) is 10.8. The second kappa shape index (κ2) is 6.81. The van der Waals surface area contributed by atoms with E-state index in [2.05, 4.69) is 20.5 Å². The third-order valence-electron chi connectivity index (χ3n) is 3.98. The van der Waals surface area contributed by atoms with Crippen molar-refractivity contribution in [2.45, 2.75) is 13.8 Å². The van der Waals surface area contributed by atoms with Crippen molar-refractivity contribution in [2.75, 3.05) is 12.4 Å². The molecule has 4 rings (SSSR count). The summed E-state index contributed by atoms with van der Waals surface area (Å²) in [4.78, 5) is 17.2. The molecule has 1 amide bonds. The SMILES string of the molecule is COc1ccc(-c2nnc(C)o2)cc1NC(=O)c1ccc2sc(C)nc2c1. The summed E-state index contributed by atoms with van der Waals surface area (Å²) in [5.74, 6) is 1.14. The lowest BCUT2D eigenvalue weighted by atomic mass is 10.1. The molecule has 0 atom stereocenters. The van der Waals surface area contributed by atoms with E-state index in [-0.39, 0.29) is 5.91 Å². The molecule has 0 aliphatic rings. The molecule has 136 valence electrons. The molecule has 0 fully saturated rings. The number of carbonyl (C=O) groups excluding carboxylic acids is 1. The van der Waals surface area contributed by atoms with Crippen LogP contribution in [-0.4, -0.2) is 28.2 Å². The van der Waals surface area contributed by atoms with Crippen molar-refractivity contribution in [3.05, 3.63) is 52.9 Å². The van der Waals surface area contributed by atoms with Crippen LogP contribution in [0.3, 0.4) is 0 Å². The molecule has 0 spiro atoms. The lowest BCUT2D eigenvalue weighted by Gasteiger charge is -2.11. The second-order valence-corrected chi connectivity index (χ2v) is 7.15. The maximum Gasteiger partial charge on any atom is 0.255 e. The first-order valence-corrected chi connectivity index (χ1v) is 9.02. The lowest BCUT2D eigenvalue weighted by Crippen LogP contribution is -2.12. The minimum absolute atomic E-state index is 0.250. The number of rotatable bonds is 4. The molecule has 2 aromatic carbocycles. The number of ether oxygens (including phenoxy) is 1. The van der Waals surface area contributed by atoms with Gasteiger partial charge < -0.3 is 14.5 Å². The Morgan fingerprint density at radius 1 is 1.15 bits per heavy atom. The van der Waals surface area contributed by atoms with Crippen LogP contribution in [0.4, 0.5) is 5.69 Å². The van der Waals surface area contributed by atoms with E-state index in [4.69, 9.17) is 9.15 Å². The number of aryl methyl sites for hydroxylation is 2. The number of methoxy groups -OCH3 is 1. The number of carbonyl (C=O) groups is 1. The average Bonchev–Trinajstić information content (AvgIpc) is 3.25. The number of aromatic nitrogens is 3.